The first-order chi connectivity index (χ1) is 5.86. The van der Waals surface area contributed by atoms with Crippen molar-refractivity contribution in [1.82, 2.24) is 15.3 Å². The molecule has 2 rings (SSSR count). The number of nitrogens with zero attached hydrogens (tertiary/aromatic N) is 2. The van der Waals surface area contributed by atoms with Crippen LogP contribution in [0.25, 0.3) is 0 Å². The zero-order valence-corrected chi connectivity index (χ0v) is 7.20. The molecule has 1 saturated carbocycles. The highest BCUT2D eigenvalue weighted by atomic mass is 15.0. The van der Waals surface area contributed by atoms with E-state index in [4.69, 9.17) is 0 Å². The van der Waals surface area contributed by atoms with Crippen LogP contribution in [0.3, 0.4) is 0 Å². The smallest absolute Gasteiger partial charge is 0.141 e. The number of hydrogen-bond acceptors (Lipinski definition) is 3. The van der Waals surface area contributed by atoms with Crippen LogP contribution in [-0.4, -0.2) is 16.0 Å². The molecule has 1 aromatic rings. The molecule has 1 fully saturated rings. The Morgan fingerprint density at radius 2 is 2.17 bits per heavy atom. The van der Waals surface area contributed by atoms with Crippen LogP contribution in [0.2, 0.25) is 0 Å². The Bertz CT molecular complexity index is 247. The second-order valence-electron chi connectivity index (χ2n) is 3.37. The summed E-state index contributed by atoms with van der Waals surface area (Å²) in [5, 5.41) is 3.40. The highest BCUT2D eigenvalue weighted by Crippen LogP contribution is 2.28. The van der Waals surface area contributed by atoms with Crippen molar-refractivity contribution in [2.24, 2.45) is 5.92 Å². The summed E-state index contributed by atoms with van der Waals surface area (Å²) in [6.07, 6.45) is 4.85. The molecule has 0 saturated heterocycles. The Hall–Kier alpha value is -0.960. The maximum atomic E-state index is 4.13. The second kappa shape index (κ2) is 3.19. The van der Waals surface area contributed by atoms with Crippen molar-refractivity contribution < 1.29 is 0 Å². The zero-order chi connectivity index (χ0) is 8.39. The van der Waals surface area contributed by atoms with E-state index in [1.165, 1.54) is 6.42 Å². The van der Waals surface area contributed by atoms with Crippen LogP contribution in [0.1, 0.15) is 19.2 Å². The molecule has 1 aromatic heterocycles. The van der Waals surface area contributed by atoms with Gasteiger partial charge in [-0.15, -0.1) is 0 Å². The van der Waals surface area contributed by atoms with Crippen LogP contribution < -0.4 is 5.32 Å². The van der Waals surface area contributed by atoms with Crippen LogP contribution >= 0.6 is 0 Å². The van der Waals surface area contributed by atoms with E-state index in [9.17, 15) is 0 Å². The van der Waals surface area contributed by atoms with Gasteiger partial charge in [-0.2, -0.15) is 0 Å². The molecule has 0 spiro atoms. The van der Waals surface area contributed by atoms with Gasteiger partial charge in [0.2, 0.25) is 0 Å². The average molecular weight is 163 g/mol. The molecule has 1 N–H and O–H groups in total. The van der Waals surface area contributed by atoms with E-state index in [1.54, 1.807) is 12.4 Å². The first-order valence-electron chi connectivity index (χ1n) is 4.35. The molecule has 0 aliphatic heterocycles. The minimum absolute atomic E-state index is 0.703. The summed E-state index contributed by atoms with van der Waals surface area (Å²) in [4.78, 5) is 8.26. The first-order valence-corrected chi connectivity index (χ1v) is 4.35. The number of aromatic nitrogens is 2. The van der Waals surface area contributed by atoms with Gasteiger partial charge in [-0.3, -0.25) is 0 Å². The van der Waals surface area contributed by atoms with Crippen molar-refractivity contribution in [2.45, 2.75) is 25.9 Å². The van der Waals surface area contributed by atoms with Gasteiger partial charge in [0, 0.05) is 18.4 Å². The van der Waals surface area contributed by atoms with E-state index in [-0.39, 0.29) is 0 Å². The molecule has 0 aromatic carbocycles. The molecule has 1 aliphatic carbocycles. The second-order valence-corrected chi connectivity index (χ2v) is 3.37. The highest BCUT2D eigenvalue weighted by Gasteiger charge is 2.31. The number of rotatable bonds is 3. The van der Waals surface area contributed by atoms with Crippen LogP contribution in [0.15, 0.2) is 18.5 Å². The van der Waals surface area contributed by atoms with Gasteiger partial charge in [0.15, 0.2) is 0 Å². The summed E-state index contributed by atoms with van der Waals surface area (Å²) in [7, 11) is 0. The van der Waals surface area contributed by atoms with Crippen LogP contribution in [0.5, 0.6) is 0 Å². The molecule has 1 aliphatic rings. The lowest BCUT2D eigenvalue weighted by Gasteiger charge is -2.00. The Morgan fingerprint density at radius 1 is 1.50 bits per heavy atom. The molecule has 2 unspecified atom stereocenters. The molecule has 0 radical (unpaired) electrons. The van der Waals surface area contributed by atoms with E-state index in [1.807, 2.05) is 6.07 Å². The maximum absolute atomic E-state index is 4.13. The Kier molecular flexibility index (Phi) is 2.04. The summed E-state index contributed by atoms with van der Waals surface area (Å²) in [6, 6.07) is 2.54. The minimum atomic E-state index is 0.703. The molecule has 12 heavy (non-hydrogen) atoms. The largest absolute Gasteiger partial charge is 0.307 e. The molecular formula is C9H13N3. The van der Waals surface area contributed by atoms with Gasteiger partial charge in [-0.25, -0.2) is 9.97 Å². The van der Waals surface area contributed by atoms with E-state index < -0.39 is 0 Å². The highest BCUT2D eigenvalue weighted by molar-refractivity contribution is 4.93. The van der Waals surface area contributed by atoms with E-state index in [2.05, 4.69) is 22.2 Å². The number of hydrogen-bond donors (Lipinski definition) is 1. The lowest BCUT2D eigenvalue weighted by atomic mass is 10.4. The third-order valence-electron chi connectivity index (χ3n) is 2.25. The van der Waals surface area contributed by atoms with Crippen molar-refractivity contribution in [1.29, 1.82) is 0 Å². The topological polar surface area (TPSA) is 37.8 Å². The van der Waals surface area contributed by atoms with Gasteiger partial charge < -0.3 is 5.32 Å². The standard InChI is InChI=1S/C9H13N3/c1-7-5-8(7)12-6-9-10-3-2-4-11-9/h2-4,7-8,12H,5-6H2,1H3. The van der Waals surface area contributed by atoms with Gasteiger partial charge in [-0.05, 0) is 18.4 Å². The van der Waals surface area contributed by atoms with Crippen molar-refractivity contribution >= 4 is 0 Å². The van der Waals surface area contributed by atoms with Gasteiger partial charge in [0.25, 0.3) is 0 Å². The molecule has 1 heterocycles. The van der Waals surface area contributed by atoms with E-state index >= 15 is 0 Å². The van der Waals surface area contributed by atoms with Crippen LogP contribution in [0.4, 0.5) is 0 Å². The molecule has 64 valence electrons. The van der Waals surface area contributed by atoms with Gasteiger partial charge in [0.05, 0.1) is 6.54 Å². The molecule has 3 heteroatoms. The quantitative estimate of drug-likeness (QED) is 0.721. The van der Waals surface area contributed by atoms with Crippen LogP contribution in [0, 0.1) is 5.92 Å². The Morgan fingerprint density at radius 3 is 2.75 bits per heavy atom. The summed E-state index contributed by atoms with van der Waals surface area (Å²) >= 11 is 0. The molecular weight excluding hydrogens is 150 g/mol. The molecule has 0 bridgehead atoms. The lowest BCUT2D eigenvalue weighted by molar-refractivity contribution is 0.629. The fraction of sp³-hybridized carbons (Fsp3) is 0.556. The Labute approximate surface area is 72.2 Å². The molecule has 0 amide bonds. The van der Waals surface area contributed by atoms with Crippen molar-refractivity contribution in [2.75, 3.05) is 0 Å². The fourth-order valence-electron chi connectivity index (χ4n) is 1.25. The lowest BCUT2D eigenvalue weighted by Crippen LogP contribution is -2.18. The van der Waals surface area contributed by atoms with E-state index in [0.717, 1.165) is 18.3 Å². The van der Waals surface area contributed by atoms with Crippen LogP contribution in [-0.2, 0) is 6.54 Å². The third-order valence-corrected chi connectivity index (χ3v) is 2.25. The van der Waals surface area contributed by atoms with Crippen molar-refractivity contribution in [3.05, 3.63) is 24.3 Å². The molecule has 2 atom stereocenters. The normalized spacial score (nSPS) is 27.1. The van der Waals surface area contributed by atoms with Crippen molar-refractivity contribution in [3.8, 4) is 0 Å². The fourth-order valence-corrected chi connectivity index (χ4v) is 1.25. The SMILES string of the molecule is CC1CC1NCc1ncccn1. The summed E-state index contributed by atoms with van der Waals surface area (Å²) in [5.74, 6) is 1.73. The van der Waals surface area contributed by atoms with Gasteiger partial charge in [0.1, 0.15) is 5.82 Å². The van der Waals surface area contributed by atoms with Crippen molar-refractivity contribution in [3.63, 3.8) is 0 Å². The first kappa shape index (κ1) is 7.68. The Balaban J connectivity index is 1.80. The monoisotopic (exact) mass is 163 g/mol. The number of nitrogens with one attached hydrogen (secondary N) is 1. The maximum Gasteiger partial charge on any atom is 0.141 e. The van der Waals surface area contributed by atoms with Gasteiger partial charge in [-0.1, -0.05) is 6.92 Å². The summed E-state index contributed by atoms with van der Waals surface area (Å²) < 4.78 is 0. The summed E-state index contributed by atoms with van der Waals surface area (Å²) in [6.45, 7) is 3.05. The predicted octanol–water partition coefficient (Wildman–Crippen LogP) is 0.975. The van der Waals surface area contributed by atoms with E-state index in [0.29, 0.717) is 6.04 Å². The predicted molar refractivity (Wildman–Crippen MR) is 46.4 cm³/mol. The minimum Gasteiger partial charge on any atom is -0.307 e. The molecule has 3 nitrogen and oxygen atoms in total. The zero-order valence-electron chi connectivity index (χ0n) is 7.20. The average Bonchev–Trinajstić information content (AvgIpc) is 2.81. The third kappa shape index (κ3) is 1.80. The summed E-state index contributed by atoms with van der Waals surface area (Å²) in [5.41, 5.74) is 0. The van der Waals surface area contributed by atoms with Gasteiger partial charge >= 0.3 is 0 Å².